The molecule has 2 rings (SSSR count). The largest absolute Gasteiger partial charge is 0.492 e. The molecule has 96 valence electrons. The molecule has 0 amide bonds. The zero-order chi connectivity index (χ0) is 13.5. The normalized spacial score (nSPS) is 9.63. The molecule has 19 heavy (non-hydrogen) atoms. The van der Waals surface area contributed by atoms with Crippen molar-refractivity contribution in [3.8, 4) is 11.8 Å². The highest BCUT2D eigenvalue weighted by Gasteiger charge is 1.97. The predicted octanol–water partition coefficient (Wildman–Crippen LogP) is 1.42. The number of hydrogen-bond acceptors (Lipinski definition) is 6. The average Bonchev–Trinajstić information content (AvgIpc) is 2.44. The summed E-state index contributed by atoms with van der Waals surface area (Å²) in [6, 6.07) is 9.16. The summed E-state index contributed by atoms with van der Waals surface area (Å²) in [6.07, 6.45) is 2.93. The number of ether oxygens (including phenoxy) is 1. The van der Waals surface area contributed by atoms with Gasteiger partial charge in [0.1, 0.15) is 24.2 Å². The molecule has 1 heterocycles. The van der Waals surface area contributed by atoms with Gasteiger partial charge in [-0.15, -0.1) is 0 Å². The van der Waals surface area contributed by atoms with E-state index in [0.717, 1.165) is 5.75 Å². The van der Waals surface area contributed by atoms with Crippen LogP contribution in [0.25, 0.3) is 0 Å². The van der Waals surface area contributed by atoms with Gasteiger partial charge in [0, 0.05) is 11.8 Å². The minimum Gasteiger partial charge on any atom is -0.492 e. The zero-order valence-electron chi connectivity index (χ0n) is 10.2. The molecule has 1 aromatic heterocycles. The molecule has 0 aliphatic carbocycles. The number of nitriles is 1. The van der Waals surface area contributed by atoms with E-state index >= 15 is 0 Å². The van der Waals surface area contributed by atoms with Crippen molar-refractivity contribution >= 4 is 11.5 Å². The molecule has 0 aliphatic rings. The maximum atomic E-state index is 8.59. The van der Waals surface area contributed by atoms with Gasteiger partial charge >= 0.3 is 0 Å². The van der Waals surface area contributed by atoms with Crippen molar-refractivity contribution in [2.45, 2.75) is 0 Å². The van der Waals surface area contributed by atoms with Crippen molar-refractivity contribution in [1.82, 2.24) is 9.97 Å². The highest BCUT2D eigenvalue weighted by atomic mass is 16.5. The fraction of sp³-hybridized carbons (Fsp3) is 0.154. The number of anilines is 2. The molecule has 2 aromatic rings. The van der Waals surface area contributed by atoms with Gasteiger partial charge in [-0.3, -0.25) is 0 Å². The van der Waals surface area contributed by atoms with Gasteiger partial charge in [-0.1, -0.05) is 6.07 Å². The Hall–Kier alpha value is -2.81. The van der Waals surface area contributed by atoms with Crippen molar-refractivity contribution in [2.24, 2.45) is 0 Å². The van der Waals surface area contributed by atoms with Crippen LogP contribution in [0.2, 0.25) is 0 Å². The molecule has 0 saturated heterocycles. The molecule has 6 heteroatoms. The van der Waals surface area contributed by atoms with Gasteiger partial charge in [-0.2, -0.15) is 5.26 Å². The number of nitrogens with two attached hydrogens (primary N) is 1. The molecular formula is C13H13N5O. The summed E-state index contributed by atoms with van der Waals surface area (Å²) in [5.74, 6) is 1.34. The maximum Gasteiger partial charge on any atom is 0.158 e. The summed E-state index contributed by atoms with van der Waals surface area (Å²) >= 11 is 0. The summed E-state index contributed by atoms with van der Waals surface area (Å²) in [7, 11) is 0. The lowest BCUT2D eigenvalue weighted by Crippen LogP contribution is -2.12. The van der Waals surface area contributed by atoms with E-state index in [1.165, 1.54) is 12.4 Å². The molecule has 0 radical (unpaired) electrons. The Morgan fingerprint density at radius 1 is 1.32 bits per heavy atom. The molecule has 6 nitrogen and oxygen atoms in total. The number of nitrogen functional groups attached to an aromatic ring is 1. The van der Waals surface area contributed by atoms with E-state index in [2.05, 4.69) is 15.3 Å². The molecular weight excluding hydrogens is 242 g/mol. The Labute approximate surface area is 110 Å². The van der Waals surface area contributed by atoms with Crippen LogP contribution in [-0.2, 0) is 0 Å². The number of aromatic nitrogens is 2. The number of hydrogen-bond donors (Lipinski definition) is 2. The molecule has 0 bridgehead atoms. The number of benzene rings is 1. The highest BCUT2D eigenvalue weighted by molar-refractivity contribution is 5.43. The van der Waals surface area contributed by atoms with Crippen molar-refractivity contribution in [2.75, 3.05) is 24.2 Å². The van der Waals surface area contributed by atoms with Gasteiger partial charge in [-0.25, -0.2) is 9.97 Å². The van der Waals surface area contributed by atoms with E-state index in [0.29, 0.717) is 30.4 Å². The average molecular weight is 255 g/mol. The third-order valence-electron chi connectivity index (χ3n) is 2.30. The highest BCUT2D eigenvalue weighted by Crippen LogP contribution is 2.14. The van der Waals surface area contributed by atoms with Crippen molar-refractivity contribution in [3.63, 3.8) is 0 Å². The van der Waals surface area contributed by atoms with Crippen LogP contribution >= 0.6 is 0 Å². The van der Waals surface area contributed by atoms with Crippen LogP contribution < -0.4 is 15.8 Å². The number of nitrogens with one attached hydrogen (secondary N) is 1. The van der Waals surface area contributed by atoms with Gasteiger partial charge < -0.3 is 15.8 Å². The van der Waals surface area contributed by atoms with Gasteiger partial charge in [0.05, 0.1) is 18.9 Å². The topological polar surface area (TPSA) is 96.8 Å². The first-order valence-corrected chi connectivity index (χ1v) is 5.72. The van der Waals surface area contributed by atoms with Gasteiger partial charge in [-0.05, 0) is 12.1 Å². The first kappa shape index (κ1) is 12.6. The molecule has 3 N–H and O–H groups in total. The van der Waals surface area contributed by atoms with E-state index < -0.39 is 0 Å². The lowest BCUT2D eigenvalue weighted by Gasteiger charge is -2.08. The van der Waals surface area contributed by atoms with Crippen molar-refractivity contribution < 1.29 is 4.74 Å². The molecule has 0 spiro atoms. The second kappa shape index (κ2) is 6.21. The molecule has 0 atom stereocenters. The van der Waals surface area contributed by atoms with Crippen molar-refractivity contribution in [1.29, 1.82) is 5.26 Å². The van der Waals surface area contributed by atoms with E-state index in [9.17, 15) is 0 Å². The smallest absolute Gasteiger partial charge is 0.158 e. The third kappa shape index (κ3) is 3.85. The fourth-order valence-corrected chi connectivity index (χ4v) is 1.43. The Balaban J connectivity index is 1.76. The first-order chi connectivity index (χ1) is 9.28. The minimum absolute atomic E-state index is 0.293. The van der Waals surface area contributed by atoms with Gasteiger partial charge in [0.15, 0.2) is 5.69 Å². The van der Waals surface area contributed by atoms with E-state index in [1.54, 1.807) is 12.1 Å². The number of nitrogens with zero attached hydrogens (tertiary/aromatic N) is 3. The SMILES string of the molecule is N#Cc1cnc(NCCOc2cccc(N)c2)cn1. The summed E-state index contributed by atoms with van der Waals surface area (Å²) in [5.41, 5.74) is 6.60. The standard InChI is InChI=1S/C13H13N5O/c14-7-11-8-18-13(9-17-11)16-4-5-19-12-3-1-2-10(15)6-12/h1-3,6,8-9H,4-5,15H2,(H,16,18). The monoisotopic (exact) mass is 255 g/mol. The summed E-state index contributed by atoms with van der Waals surface area (Å²) < 4.78 is 5.51. The lowest BCUT2D eigenvalue weighted by molar-refractivity contribution is 0.333. The Bertz CT molecular complexity index is 576. The Morgan fingerprint density at radius 2 is 2.21 bits per heavy atom. The first-order valence-electron chi connectivity index (χ1n) is 5.72. The molecule has 0 unspecified atom stereocenters. The molecule has 0 saturated carbocycles. The minimum atomic E-state index is 0.293. The van der Waals surface area contributed by atoms with Crippen LogP contribution in [0.4, 0.5) is 11.5 Å². The predicted molar refractivity (Wildman–Crippen MR) is 71.6 cm³/mol. The molecule has 0 aliphatic heterocycles. The summed E-state index contributed by atoms with van der Waals surface area (Å²) in [5, 5.41) is 11.6. The van der Waals surface area contributed by atoms with Crippen LogP contribution in [0, 0.1) is 11.3 Å². The zero-order valence-corrected chi connectivity index (χ0v) is 10.2. The van der Waals surface area contributed by atoms with Crippen molar-refractivity contribution in [3.05, 3.63) is 42.4 Å². The number of rotatable bonds is 5. The second-order valence-corrected chi connectivity index (χ2v) is 3.75. The van der Waals surface area contributed by atoms with Crippen LogP contribution in [0.1, 0.15) is 5.69 Å². The quantitative estimate of drug-likeness (QED) is 0.619. The Morgan fingerprint density at radius 3 is 2.89 bits per heavy atom. The molecule has 1 aromatic carbocycles. The second-order valence-electron chi connectivity index (χ2n) is 3.75. The Kier molecular flexibility index (Phi) is 4.13. The van der Waals surface area contributed by atoms with E-state index in [-0.39, 0.29) is 0 Å². The van der Waals surface area contributed by atoms with Crippen LogP contribution in [-0.4, -0.2) is 23.1 Å². The van der Waals surface area contributed by atoms with Crippen LogP contribution in [0.15, 0.2) is 36.7 Å². The summed E-state index contributed by atoms with van der Waals surface area (Å²) in [6.45, 7) is 1.06. The third-order valence-corrected chi connectivity index (χ3v) is 2.30. The lowest BCUT2D eigenvalue weighted by atomic mass is 10.3. The van der Waals surface area contributed by atoms with Gasteiger partial charge in [0.25, 0.3) is 0 Å². The van der Waals surface area contributed by atoms with Crippen LogP contribution in [0.5, 0.6) is 5.75 Å². The van der Waals surface area contributed by atoms with Crippen LogP contribution in [0.3, 0.4) is 0 Å². The summed E-state index contributed by atoms with van der Waals surface area (Å²) in [4.78, 5) is 7.94. The van der Waals surface area contributed by atoms with E-state index in [4.69, 9.17) is 15.7 Å². The van der Waals surface area contributed by atoms with E-state index in [1.807, 2.05) is 18.2 Å². The maximum absolute atomic E-state index is 8.59. The van der Waals surface area contributed by atoms with Gasteiger partial charge in [0.2, 0.25) is 0 Å². The molecule has 0 fully saturated rings. The fourth-order valence-electron chi connectivity index (χ4n) is 1.43.